The summed E-state index contributed by atoms with van der Waals surface area (Å²) in [5.41, 5.74) is 10.3. The largest absolute Gasteiger partial charge is 0.493 e. The molecule has 43 heavy (non-hydrogen) atoms. The molecule has 1 atom stereocenters. The van der Waals surface area contributed by atoms with E-state index in [1.54, 1.807) is 24.3 Å². The third kappa shape index (κ3) is 6.72. The lowest BCUT2D eigenvalue weighted by Crippen LogP contribution is -2.38. The number of carbonyl (C=O) groups is 1. The third-order valence-electron chi connectivity index (χ3n) is 7.13. The van der Waals surface area contributed by atoms with Crippen molar-refractivity contribution in [2.75, 3.05) is 26.5 Å². The summed E-state index contributed by atoms with van der Waals surface area (Å²) >= 11 is 0. The summed E-state index contributed by atoms with van der Waals surface area (Å²) in [6, 6.07) is 9.65. The highest BCUT2D eigenvalue weighted by molar-refractivity contribution is 5.94. The maximum absolute atomic E-state index is 13.2. The molecule has 14 nitrogen and oxygen atoms in total. The minimum Gasteiger partial charge on any atom is -0.493 e. The molecule has 1 aliphatic rings. The van der Waals surface area contributed by atoms with E-state index < -0.39 is 5.91 Å². The summed E-state index contributed by atoms with van der Waals surface area (Å²) in [5, 5.41) is 19.8. The van der Waals surface area contributed by atoms with E-state index in [0.717, 1.165) is 31.4 Å². The maximum atomic E-state index is 13.2. The molecule has 3 N–H and O–H groups in total. The Balaban J connectivity index is 1.34. The highest BCUT2D eigenvalue weighted by Crippen LogP contribution is 2.38. The number of amides is 1. The SMILES string of the molecule is COc1cc(/C=N/NC(=O)c2nnn(-c3nonc3N)c2CN2CCCC[C@@H]2C)cc(OC)c1OCc1ccc(F)cc1. The Morgan fingerprint density at radius 2 is 1.93 bits per heavy atom. The summed E-state index contributed by atoms with van der Waals surface area (Å²) in [6.45, 7) is 3.57. The number of piperidine rings is 1. The number of benzene rings is 2. The second-order valence-corrected chi connectivity index (χ2v) is 9.95. The number of nitrogen functional groups attached to an aromatic ring is 1. The number of rotatable bonds is 11. The van der Waals surface area contributed by atoms with Crippen LogP contribution in [0.15, 0.2) is 46.1 Å². The van der Waals surface area contributed by atoms with Crippen LogP contribution in [0.5, 0.6) is 17.2 Å². The van der Waals surface area contributed by atoms with Crippen molar-refractivity contribution in [3.8, 4) is 23.1 Å². The fraction of sp³-hybridized carbons (Fsp3) is 0.357. The quantitative estimate of drug-likeness (QED) is 0.194. The minimum atomic E-state index is -0.574. The van der Waals surface area contributed by atoms with Gasteiger partial charge in [0.15, 0.2) is 17.2 Å². The molecule has 15 heteroatoms. The van der Waals surface area contributed by atoms with Gasteiger partial charge in [0.05, 0.1) is 26.1 Å². The summed E-state index contributed by atoms with van der Waals surface area (Å²) in [7, 11) is 2.99. The zero-order valence-electron chi connectivity index (χ0n) is 24.0. The van der Waals surface area contributed by atoms with Crippen molar-refractivity contribution in [1.29, 1.82) is 0 Å². The standard InChI is InChI=1S/C28H32FN9O5/c1-17-6-4-5-11-37(17)15-21-24(32-36-38(21)27-26(30)34-43-35-27)28(39)33-31-14-19-12-22(40-2)25(23(13-19)41-3)42-16-18-7-9-20(29)10-8-18/h7-10,12-14,17H,4-6,11,15-16H2,1-3H3,(H2,30,34)(H,33,39)/b31-14+/t17-/m0/s1. The van der Waals surface area contributed by atoms with E-state index in [4.69, 9.17) is 24.6 Å². The Hall–Kier alpha value is -5.05. The van der Waals surface area contributed by atoms with Crippen LogP contribution >= 0.6 is 0 Å². The molecule has 2 aromatic heterocycles. The average Bonchev–Trinajstić information content (AvgIpc) is 3.63. The average molecular weight is 594 g/mol. The number of nitrogens with two attached hydrogens (primary N) is 1. The van der Waals surface area contributed by atoms with Crippen LogP contribution < -0.4 is 25.4 Å². The van der Waals surface area contributed by atoms with E-state index >= 15 is 0 Å². The first-order valence-electron chi connectivity index (χ1n) is 13.6. The zero-order chi connectivity index (χ0) is 30.3. The van der Waals surface area contributed by atoms with Crippen LogP contribution in [-0.4, -0.2) is 69.1 Å². The van der Waals surface area contributed by atoms with Gasteiger partial charge in [0, 0.05) is 18.2 Å². The van der Waals surface area contributed by atoms with Crippen LogP contribution in [-0.2, 0) is 13.2 Å². The van der Waals surface area contributed by atoms with Crippen molar-refractivity contribution in [2.45, 2.75) is 45.4 Å². The van der Waals surface area contributed by atoms with Crippen molar-refractivity contribution >= 4 is 17.9 Å². The highest BCUT2D eigenvalue weighted by Gasteiger charge is 2.28. The van der Waals surface area contributed by atoms with Gasteiger partial charge in [0.25, 0.3) is 5.91 Å². The molecule has 2 aromatic carbocycles. The molecule has 4 aromatic rings. The Morgan fingerprint density at radius 3 is 2.58 bits per heavy atom. The topological polar surface area (TPSA) is 168 Å². The number of anilines is 1. The summed E-state index contributed by atoms with van der Waals surface area (Å²) in [5.74, 6) is 0.402. The number of halogens is 1. The molecule has 3 heterocycles. The lowest BCUT2D eigenvalue weighted by atomic mass is 10.0. The second-order valence-electron chi connectivity index (χ2n) is 9.95. The molecule has 0 radical (unpaired) electrons. The molecule has 226 valence electrons. The number of hydrazone groups is 1. The van der Waals surface area contributed by atoms with Crippen molar-refractivity contribution < 1.29 is 28.0 Å². The van der Waals surface area contributed by atoms with Crippen LogP contribution in [0.4, 0.5) is 10.2 Å². The Labute approximate surface area is 246 Å². The molecule has 0 spiro atoms. The first kappa shape index (κ1) is 29.4. The first-order chi connectivity index (χ1) is 20.9. The summed E-state index contributed by atoms with van der Waals surface area (Å²) < 4.78 is 36.3. The second kappa shape index (κ2) is 13.3. The van der Waals surface area contributed by atoms with E-state index in [9.17, 15) is 9.18 Å². The lowest BCUT2D eigenvalue weighted by Gasteiger charge is -2.33. The Kier molecular flexibility index (Phi) is 9.10. The van der Waals surface area contributed by atoms with E-state index in [1.165, 1.54) is 37.2 Å². The normalized spacial score (nSPS) is 15.5. The van der Waals surface area contributed by atoms with Gasteiger partial charge in [-0.25, -0.2) is 14.4 Å². The number of ether oxygens (including phenoxy) is 3. The van der Waals surface area contributed by atoms with Gasteiger partial charge in [-0.05, 0) is 66.5 Å². The van der Waals surface area contributed by atoms with Gasteiger partial charge in [-0.2, -0.15) is 9.78 Å². The number of nitrogens with zero attached hydrogens (tertiary/aromatic N) is 7. The molecule has 1 amide bonds. The minimum absolute atomic E-state index is 0.0239. The van der Waals surface area contributed by atoms with Crippen molar-refractivity contribution in [1.82, 2.24) is 35.6 Å². The summed E-state index contributed by atoms with van der Waals surface area (Å²) in [6.07, 6.45) is 4.68. The molecule has 0 aliphatic carbocycles. The van der Waals surface area contributed by atoms with Crippen molar-refractivity contribution in [2.24, 2.45) is 5.10 Å². The highest BCUT2D eigenvalue weighted by atomic mass is 19.1. The number of hydrogen-bond acceptors (Lipinski definition) is 12. The van der Waals surface area contributed by atoms with Gasteiger partial charge in [0.1, 0.15) is 12.4 Å². The van der Waals surface area contributed by atoms with Crippen LogP contribution in [0.25, 0.3) is 5.82 Å². The van der Waals surface area contributed by atoms with E-state index in [-0.39, 0.29) is 29.8 Å². The number of likely N-dealkylation sites (tertiary alicyclic amines) is 1. The molecule has 1 saturated heterocycles. The van der Waals surface area contributed by atoms with Gasteiger partial charge < -0.3 is 19.9 Å². The predicted molar refractivity (Wildman–Crippen MR) is 153 cm³/mol. The van der Waals surface area contributed by atoms with Gasteiger partial charge in [-0.1, -0.05) is 23.8 Å². The van der Waals surface area contributed by atoms with E-state index in [0.29, 0.717) is 41.1 Å². The number of methoxy groups -OCH3 is 2. The van der Waals surface area contributed by atoms with Crippen LogP contribution in [0.1, 0.15) is 53.5 Å². The molecule has 0 unspecified atom stereocenters. The number of nitrogens with one attached hydrogen (secondary N) is 1. The Bertz CT molecular complexity index is 1560. The van der Waals surface area contributed by atoms with Crippen LogP contribution in [0.2, 0.25) is 0 Å². The molecule has 0 saturated carbocycles. The van der Waals surface area contributed by atoms with Gasteiger partial charge in [0.2, 0.25) is 17.4 Å². The first-order valence-corrected chi connectivity index (χ1v) is 13.6. The molecular formula is C28H32FN9O5. The van der Waals surface area contributed by atoms with Gasteiger partial charge >= 0.3 is 0 Å². The fourth-order valence-electron chi connectivity index (χ4n) is 4.78. The third-order valence-corrected chi connectivity index (χ3v) is 7.13. The molecule has 1 fully saturated rings. The number of hydrogen-bond donors (Lipinski definition) is 2. The van der Waals surface area contributed by atoms with E-state index in [1.807, 2.05) is 0 Å². The maximum Gasteiger partial charge on any atom is 0.293 e. The lowest BCUT2D eigenvalue weighted by molar-refractivity contribution is 0.0945. The van der Waals surface area contributed by atoms with Crippen LogP contribution in [0, 0.1) is 5.82 Å². The molecule has 1 aliphatic heterocycles. The zero-order valence-corrected chi connectivity index (χ0v) is 24.0. The van der Waals surface area contributed by atoms with Gasteiger partial charge in [-0.3, -0.25) is 9.69 Å². The summed E-state index contributed by atoms with van der Waals surface area (Å²) in [4.78, 5) is 15.5. The molecule has 0 bridgehead atoms. The Morgan fingerprint density at radius 1 is 1.19 bits per heavy atom. The smallest absolute Gasteiger partial charge is 0.293 e. The van der Waals surface area contributed by atoms with Crippen molar-refractivity contribution in [3.05, 3.63) is 64.7 Å². The number of carbonyl (C=O) groups excluding carboxylic acids is 1. The van der Waals surface area contributed by atoms with Gasteiger partial charge in [-0.15, -0.1) is 5.10 Å². The molecule has 5 rings (SSSR count). The van der Waals surface area contributed by atoms with Crippen LogP contribution in [0.3, 0.4) is 0 Å². The monoisotopic (exact) mass is 593 g/mol. The fourth-order valence-corrected chi connectivity index (χ4v) is 4.78. The van der Waals surface area contributed by atoms with Crippen molar-refractivity contribution in [3.63, 3.8) is 0 Å². The molecular weight excluding hydrogens is 561 g/mol. The number of aromatic nitrogens is 5. The predicted octanol–water partition coefficient (Wildman–Crippen LogP) is 3.11. The van der Waals surface area contributed by atoms with E-state index in [2.05, 4.69) is 43.0 Å².